The summed E-state index contributed by atoms with van der Waals surface area (Å²) in [5.41, 5.74) is 2.85. The summed E-state index contributed by atoms with van der Waals surface area (Å²) in [5.74, 6) is -6.52. The van der Waals surface area contributed by atoms with Gasteiger partial charge in [-0.3, -0.25) is 20.4 Å². The van der Waals surface area contributed by atoms with E-state index in [4.69, 9.17) is 0 Å². The van der Waals surface area contributed by atoms with Crippen LogP contribution in [0.3, 0.4) is 0 Å². The standard InChI is InChI=1S/C17H17F2N3O4S/c1-22(2)27(25,26)14-10-6-7-12(11-14)15(23)20-21-16(24)17(18,19)13-8-4-3-5-9-13/h3-11H,1-2H3,(H,20,23)(H,21,24). The van der Waals surface area contributed by atoms with E-state index in [1.54, 1.807) is 5.43 Å². The Morgan fingerprint density at radius 3 is 2.19 bits per heavy atom. The van der Waals surface area contributed by atoms with Crippen molar-refractivity contribution in [2.45, 2.75) is 10.8 Å². The molecule has 27 heavy (non-hydrogen) atoms. The lowest BCUT2D eigenvalue weighted by atomic mass is 10.1. The molecule has 0 heterocycles. The lowest BCUT2D eigenvalue weighted by molar-refractivity contribution is -0.147. The molecule has 0 aliphatic heterocycles. The first-order chi connectivity index (χ1) is 12.6. The Morgan fingerprint density at radius 1 is 0.963 bits per heavy atom. The Balaban J connectivity index is 2.11. The zero-order valence-electron chi connectivity index (χ0n) is 14.4. The Morgan fingerprint density at radius 2 is 1.59 bits per heavy atom. The van der Waals surface area contributed by atoms with Gasteiger partial charge in [0.1, 0.15) is 0 Å². The van der Waals surface area contributed by atoms with Gasteiger partial charge in [-0.05, 0) is 18.2 Å². The van der Waals surface area contributed by atoms with E-state index in [0.717, 1.165) is 22.5 Å². The van der Waals surface area contributed by atoms with Gasteiger partial charge in [0.15, 0.2) is 0 Å². The fourth-order valence-corrected chi connectivity index (χ4v) is 3.00. The first-order valence-electron chi connectivity index (χ1n) is 7.63. The third-order valence-corrected chi connectivity index (χ3v) is 5.40. The van der Waals surface area contributed by atoms with Crippen LogP contribution in [0.2, 0.25) is 0 Å². The number of carbonyl (C=O) groups excluding carboxylic acids is 2. The van der Waals surface area contributed by atoms with Gasteiger partial charge in [0, 0.05) is 25.2 Å². The van der Waals surface area contributed by atoms with Crippen molar-refractivity contribution in [3.05, 3.63) is 65.7 Å². The Labute approximate surface area is 155 Å². The molecule has 0 radical (unpaired) electrons. The fourth-order valence-electron chi connectivity index (χ4n) is 2.05. The number of nitrogens with zero attached hydrogens (tertiary/aromatic N) is 1. The van der Waals surface area contributed by atoms with Crippen molar-refractivity contribution in [2.24, 2.45) is 0 Å². The molecule has 7 nitrogen and oxygen atoms in total. The van der Waals surface area contributed by atoms with Crippen LogP contribution >= 0.6 is 0 Å². The van der Waals surface area contributed by atoms with Crippen LogP contribution in [0.25, 0.3) is 0 Å². The van der Waals surface area contributed by atoms with Crippen molar-refractivity contribution < 1.29 is 26.8 Å². The average Bonchev–Trinajstić information content (AvgIpc) is 2.66. The molecule has 2 aromatic rings. The van der Waals surface area contributed by atoms with Crippen LogP contribution in [0, 0.1) is 0 Å². The summed E-state index contributed by atoms with van der Waals surface area (Å²) in [7, 11) is -1.12. The van der Waals surface area contributed by atoms with Crippen LogP contribution < -0.4 is 10.9 Å². The first-order valence-corrected chi connectivity index (χ1v) is 9.07. The maximum Gasteiger partial charge on any atom is 0.351 e. The van der Waals surface area contributed by atoms with Gasteiger partial charge in [-0.2, -0.15) is 8.78 Å². The molecule has 0 aromatic heterocycles. The van der Waals surface area contributed by atoms with E-state index in [2.05, 4.69) is 0 Å². The minimum Gasteiger partial charge on any atom is -0.267 e. The number of amides is 2. The molecule has 0 bridgehead atoms. The Kier molecular flexibility index (Phi) is 5.91. The predicted molar refractivity (Wildman–Crippen MR) is 93.3 cm³/mol. The highest BCUT2D eigenvalue weighted by Crippen LogP contribution is 2.27. The SMILES string of the molecule is CN(C)S(=O)(=O)c1cccc(C(=O)NNC(=O)C(F)(F)c2ccccc2)c1. The molecular weight excluding hydrogens is 380 g/mol. The number of nitrogens with one attached hydrogen (secondary N) is 2. The minimum atomic E-state index is -3.86. The molecule has 2 amide bonds. The van der Waals surface area contributed by atoms with Crippen LogP contribution in [-0.2, 0) is 20.7 Å². The normalized spacial score (nSPS) is 11.9. The number of hydrogen-bond acceptors (Lipinski definition) is 4. The first kappa shape index (κ1) is 20.5. The highest BCUT2D eigenvalue weighted by molar-refractivity contribution is 7.89. The molecule has 0 saturated heterocycles. The van der Waals surface area contributed by atoms with Crippen LogP contribution in [0.5, 0.6) is 0 Å². The third-order valence-electron chi connectivity index (χ3n) is 3.59. The molecule has 144 valence electrons. The number of rotatable bonds is 5. The molecule has 0 unspecified atom stereocenters. The maximum absolute atomic E-state index is 14.1. The van der Waals surface area contributed by atoms with E-state index < -0.39 is 33.3 Å². The molecule has 2 rings (SSSR count). The van der Waals surface area contributed by atoms with Gasteiger partial charge < -0.3 is 0 Å². The van der Waals surface area contributed by atoms with Gasteiger partial charge in [0.25, 0.3) is 5.91 Å². The van der Waals surface area contributed by atoms with Gasteiger partial charge in [-0.25, -0.2) is 12.7 Å². The topological polar surface area (TPSA) is 95.6 Å². The van der Waals surface area contributed by atoms with E-state index in [1.807, 2.05) is 5.43 Å². The van der Waals surface area contributed by atoms with E-state index in [1.165, 1.54) is 50.5 Å². The zero-order chi connectivity index (χ0) is 20.2. The van der Waals surface area contributed by atoms with Crippen molar-refractivity contribution in [2.75, 3.05) is 14.1 Å². The lowest BCUT2D eigenvalue weighted by Gasteiger charge is -2.17. The number of hydrogen-bond donors (Lipinski definition) is 2. The molecule has 0 spiro atoms. The monoisotopic (exact) mass is 397 g/mol. The van der Waals surface area contributed by atoms with Crippen LogP contribution in [0.4, 0.5) is 8.78 Å². The summed E-state index contributed by atoms with van der Waals surface area (Å²) in [6, 6.07) is 11.4. The third kappa shape index (κ3) is 4.47. The summed E-state index contributed by atoms with van der Waals surface area (Å²) in [4.78, 5) is 23.7. The molecule has 2 aromatic carbocycles. The van der Waals surface area contributed by atoms with Crippen molar-refractivity contribution in [3.8, 4) is 0 Å². The second kappa shape index (κ2) is 7.80. The number of alkyl halides is 2. The number of sulfonamides is 1. The molecule has 2 N–H and O–H groups in total. The molecule has 0 fully saturated rings. The van der Waals surface area contributed by atoms with Gasteiger partial charge in [0.05, 0.1) is 4.90 Å². The van der Waals surface area contributed by atoms with Gasteiger partial charge in [-0.15, -0.1) is 0 Å². The highest BCUT2D eigenvalue weighted by atomic mass is 32.2. The van der Waals surface area contributed by atoms with Crippen molar-refractivity contribution >= 4 is 21.8 Å². The van der Waals surface area contributed by atoms with Crippen LogP contribution in [0.1, 0.15) is 15.9 Å². The molecular formula is C17H17F2N3O4S. The highest BCUT2D eigenvalue weighted by Gasteiger charge is 2.41. The van der Waals surface area contributed by atoms with Crippen molar-refractivity contribution in [3.63, 3.8) is 0 Å². The Hall–Kier alpha value is -2.85. The van der Waals surface area contributed by atoms with E-state index in [-0.39, 0.29) is 10.5 Å². The molecule has 0 saturated carbocycles. The molecule has 0 atom stereocenters. The number of halogens is 2. The van der Waals surface area contributed by atoms with Crippen molar-refractivity contribution in [1.29, 1.82) is 0 Å². The van der Waals surface area contributed by atoms with Crippen molar-refractivity contribution in [1.82, 2.24) is 15.2 Å². The molecule has 0 aliphatic carbocycles. The van der Waals surface area contributed by atoms with Crippen LogP contribution in [-0.4, -0.2) is 38.6 Å². The Bertz CT molecular complexity index is 948. The van der Waals surface area contributed by atoms with Gasteiger partial charge in [-0.1, -0.05) is 36.4 Å². The second-order valence-corrected chi connectivity index (χ2v) is 7.82. The largest absolute Gasteiger partial charge is 0.351 e. The van der Waals surface area contributed by atoms with E-state index >= 15 is 0 Å². The predicted octanol–water partition coefficient (Wildman–Crippen LogP) is 1.49. The number of hydrazine groups is 1. The average molecular weight is 397 g/mol. The van der Waals surface area contributed by atoms with Gasteiger partial charge in [0.2, 0.25) is 10.0 Å². The summed E-state index contributed by atoms with van der Waals surface area (Å²) in [6.45, 7) is 0. The lowest BCUT2D eigenvalue weighted by Crippen LogP contribution is -2.48. The number of benzene rings is 2. The minimum absolute atomic E-state index is 0.124. The summed E-state index contributed by atoms with van der Waals surface area (Å²) in [5, 5.41) is 0. The number of carbonyl (C=O) groups is 2. The summed E-state index contributed by atoms with van der Waals surface area (Å²) in [6.07, 6.45) is 0. The van der Waals surface area contributed by atoms with E-state index in [9.17, 15) is 26.8 Å². The van der Waals surface area contributed by atoms with Gasteiger partial charge >= 0.3 is 11.8 Å². The summed E-state index contributed by atoms with van der Waals surface area (Å²) < 4.78 is 53.3. The quantitative estimate of drug-likeness (QED) is 0.748. The summed E-state index contributed by atoms with van der Waals surface area (Å²) >= 11 is 0. The smallest absolute Gasteiger partial charge is 0.267 e. The molecule has 0 aliphatic rings. The van der Waals surface area contributed by atoms with E-state index in [0.29, 0.717) is 0 Å². The maximum atomic E-state index is 14.1. The molecule has 10 heteroatoms. The van der Waals surface area contributed by atoms with Crippen LogP contribution in [0.15, 0.2) is 59.5 Å². The second-order valence-electron chi connectivity index (χ2n) is 5.66. The fraction of sp³-hybridized carbons (Fsp3) is 0.176. The zero-order valence-corrected chi connectivity index (χ0v) is 15.3.